The molecular formula is C34H36ClN7O2. The number of carbonyl (C=O) groups is 1. The van der Waals surface area contributed by atoms with Gasteiger partial charge in [0.25, 0.3) is 0 Å². The number of pyridine rings is 1. The number of piperazine rings is 1. The molecule has 2 aromatic carbocycles. The Balaban J connectivity index is 1.41. The van der Waals surface area contributed by atoms with Gasteiger partial charge in [0.1, 0.15) is 18.2 Å². The van der Waals surface area contributed by atoms with Gasteiger partial charge in [-0.15, -0.1) is 0 Å². The van der Waals surface area contributed by atoms with E-state index < -0.39 is 0 Å². The number of ether oxygens (including phenoxy) is 1. The molecule has 0 aliphatic carbocycles. The van der Waals surface area contributed by atoms with Crippen molar-refractivity contribution in [2.75, 3.05) is 56.2 Å². The minimum Gasteiger partial charge on any atom is -0.475 e. The zero-order valence-electron chi connectivity index (χ0n) is 25.0. The molecule has 3 aliphatic heterocycles. The lowest BCUT2D eigenvalue weighted by Gasteiger charge is -2.43. The van der Waals surface area contributed by atoms with Crippen molar-refractivity contribution in [2.45, 2.75) is 44.3 Å². The first-order valence-corrected chi connectivity index (χ1v) is 15.6. The normalized spacial score (nSPS) is 20.2. The number of likely N-dealkylation sites (N-methyl/N-ethyl adjacent to an activating group) is 1. The van der Waals surface area contributed by atoms with Crippen molar-refractivity contribution in [3.05, 3.63) is 70.9 Å². The number of hydrogen-bond donors (Lipinski definition) is 0. The smallest absolute Gasteiger partial charge is 0.246 e. The van der Waals surface area contributed by atoms with E-state index >= 15 is 0 Å². The minimum atomic E-state index is -0.316. The standard InChI is InChI=1S/C34H36ClN7O2/c1-3-31(43)42-18-17-41(20-24(42)12-14-36)33-26-13-16-40(30-11-5-8-23-7-4-10-28(35)32(23)30)21-29(26)38-34(27(33)19-37)44-22-25-9-6-15-39(25)2/h3-5,7-8,10-11,24-25H,1,6,9,12-13,15-18,20-22H2,2H3. The Morgan fingerprint density at radius 1 is 1.14 bits per heavy atom. The summed E-state index contributed by atoms with van der Waals surface area (Å²) in [5.74, 6) is 0.164. The van der Waals surface area contributed by atoms with Crippen molar-refractivity contribution in [3.8, 4) is 18.0 Å². The van der Waals surface area contributed by atoms with Gasteiger partial charge in [-0.05, 0) is 56.4 Å². The Kier molecular flexibility index (Phi) is 8.61. The van der Waals surface area contributed by atoms with Crippen LogP contribution in [0, 0.1) is 22.7 Å². The number of rotatable bonds is 7. The summed E-state index contributed by atoms with van der Waals surface area (Å²) in [4.78, 5) is 26.1. The Bertz CT molecular complexity index is 1670. The van der Waals surface area contributed by atoms with Crippen LogP contribution in [0.5, 0.6) is 5.88 Å². The van der Waals surface area contributed by atoms with Gasteiger partial charge in [-0.2, -0.15) is 10.5 Å². The highest BCUT2D eigenvalue weighted by atomic mass is 35.5. The van der Waals surface area contributed by atoms with Crippen LogP contribution < -0.4 is 14.5 Å². The van der Waals surface area contributed by atoms with Crippen LogP contribution in [-0.4, -0.2) is 79.2 Å². The van der Waals surface area contributed by atoms with E-state index in [2.05, 4.69) is 58.7 Å². The van der Waals surface area contributed by atoms with Crippen molar-refractivity contribution < 1.29 is 9.53 Å². The number of nitriles is 2. The van der Waals surface area contributed by atoms with Gasteiger partial charge in [0.2, 0.25) is 11.8 Å². The van der Waals surface area contributed by atoms with Gasteiger partial charge in [0.05, 0.1) is 41.5 Å². The second-order valence-electron chi connectivity index (χ2n) is 11.7. The van der Waals surface area contributed by atoms with E-state index in [0.29, 0.717) is 55.7 Å². The molecule has 2 fully saturated rings. The third-order valence-corrected chi connectivity index (χ3v) is 9.56. The molecule has 1 aromatic heterocycles. The van der Waals surface area contributed by atoms with E-state index in [9.17, 15) is 15.3 Å². The molecule has 0 bridgehead atoms. The molecule has 0 N–H and O–H groups in total. The molecule has 4 heterocycles. The number of anilines is 2. The SMILES string of the molecule is C=CC(=O)N1CCN(c2c(C#N)c(OCC3CCCN3C)nc3c2CCN(c2cccc4cccc(Cl)c24)C3)CC1CC#N. The molecule has 44 heavy (non-hydrogen) atoms. The number of hydrogen-bond acceptors (Lipinski definition) is 8. The summed E-state index contributed by atoms with van der Waals surface area (Å²) in [5, 5.41) is 22.9. The quantitative estimate of drug-likeness (QED) is 0.348. The number of amides is 1. The Labute approximate surface area is 263 Å². The van der Waals surface area contributed by atoms with Gasteiger partial charge < -0.3 is 24.3 Å². The molecule has 0 saturated carbocycles. The van der Waals surface area contributed by atoms with Crippen molar-refractivity contribution in [1.29, 1.82) is 10.5 Å². The molecule has 3 aromatic rings. The molecule has 9 nitrogen and oxygen atoms in total. The number of aromatic nitrogens is 1. The second-order valence-corrected chi connectivity index (χ2v) is 12.2. The fraction of sp³-hybridized carbons (Fsp3) is 0.412. The van der Waals surface area contributed by atoms with Crippen LogP contribution in [0.4, 0.5) is 11.4 Å². The third-order valence-electron chi connectivity index (χ3n) is 9.25. The molecule has 10 heteroatoms. The fourth-order valence-corrected chi connectivity index (χ4v) is 7.22. The van der Waals surface area contributed by atoms with Gasteiger partial charge in [-0.25, -0.2) is 4.98 Å². The summed E-state index contributed by atoms with van der Waals surface area (Å²) in [5.41, 5.74) is 4.17. The Morgan fingerprint density at radius 2 is 1.95 bits per heavy atom. The molecule has 1 amide bonds. The van der Waals surface area contributed by atoms with E-state index in [0.717, 1.165) is 59.3 Å². The fourth-order valence-electron chi connectivity index (χ4n) is 6.95. The zero-order chi connectivity index (χ0) is 30.8. The lowest BCUT2D eigenvalue weighted by atomic mass is 9.96. The lowest BCUT2D eigenvalue weighted by Crippen LogP contribution is -2.55. The molecule has 0 spiro atoms. The number of nitrogens with zero attached hydrogens (tertiary/aromatic N) is 7. The molecule has 3 aliphatic rings. The minimum absolute atomic E-state index is 0.184. The van der Waals surface area contributed by atoms with Gasteiger partial charge in [-0.3, -0.25) is 4.79 Å². The second kappa shape index (κ2) is 12.7. The molecule has 226 valence electrons. The highest BCUT2D eigenvalue weighted by Gasteiger charge is 2.35. The van der Waals surface area contributed by atoms with Crippen LogP contribution in [0.25, 0.3) is 10.8 Å². The molecule has 6 rings (SSSR count). The first kappa shape index (κ1) is 29.7. The van der Waals surface area contributed by atoms with E-state index in [4.69, 9.17) is 21.3 Å². The number of fused-ring (bicyclic) bond motifs is 2. The Hall–Kier alpha value is -4.31. The molecular weight excluding hydrogens is 574 g/mol. The van der Waals surface area contributed by atoms with Crippen LogP contribution in [-0.2, 0) is 17.8 Å². The predicted molar refractivity (Wildman–Crippen MR) is 172 cm³/mol. The largest absolute Gasteiger partial charge is 0.475 e. The maximum atomic E-state index is 12.6. The average Bonchev–Trinajstić information content (AvgIpc) is 3.46. The summed E-state index contributed by atoms with van der Waals surface area (Å²) in [6.45, 7) is 7.79. The summed E-state index contributed by atoms with van der Waals surface area (Å²) in [6, 6.07) is 16.8. The van der Waals surface area contributed by atoms with Crippen molar-refractivity contribution >= 4 is 39.7 Å². The van der Waals surface area contributed by atoms with Crippen LogP contribution in [0.15, 0.2) is 49.1 Å². The Morgan fingerprint density at radius 3 is 2.68 bits per heavy atom. The van der Waals surface area contributed by atoms with Gasteiger partial charge in [-0.1, -0.05) is 42.4 Å². The molecule has 2 atom stereocenters. The summed E-state index contributed by atoms with van der Waals surface area (Å²) in [6.07, 6.45) is 4.33. The van der Waals surface area contributed by atoms with Crippen LogP contribution in [0.3, 0.4) is 0 Å². The highest BCUT2D eigenvalue weighted by molar-refractivity contribution is 6.36. The predicted octanol–water partition coefficient (Wildman–Crippen LogP) is 4.91. The summed E-state index contributed by atoms with van der Waals surface area (Å²) in [7, 11) is 2.10. The number of carbonyl (C=O) groups excluding carboxylic acids is 1. The maximum absolute atomic E-state index is 12.6. The maximum Gasteiger partial charge on any atom is 0.246 e. The van der Waals surface area contributed by atoms with Gasteiger partial charge >= 0.3 is 0 Å². The van der Waals surface area contributed by atoms with E-state index in [1.807, 2.05) is 18.2 Å². The zero-order valence-corrected chi connectivity index (χ0v) is 25.8. The number of halogens is 1. The molecule has 2 saturated heterocycles. The molecule has 0 radical (unpaired) electrons. The van der Waals surface area contributed by atoms with E-state index in [1.165, 1.54) is 6.08 Å². The monoisotopic (exact) mass is 609 g/mol. The average molecular weight is 610 g/mol. The third kappa shape index (κ3) is 5.54. The topological polar surface area (TPSA) is 99.7 Å². The highest BCUT2D eigenvalue weighted by Crippen LogP contribution is 2.40. The van der Waals surface area contributed by atoms with Crippen molar-refractivity contribution in [1.82, 2.24) is 14.8 Å². The first-order chi connectivity index (χ1) is 21.4. The van der Waals surface area contributed by atoms with Crippen LogP contribution >= 0.6 is 11.6 Å². The van der Waals surface area contributed by atoms with E-state index in [1.54, 1.807) is 4.90 Å². The van der Waals surface area contributed by atoms with Crippen molar-refractivity contribution in [2.24, 2.45) is 0 Å². The van der Waals surface area contributed by atoms with Crippen LogP contribution in [0.1, 0.15) is 36.1 Å². The summed E-state index contributed by atoms with van der Waals surface area (Å²) >= 11 is 6.71. The van der Waals surface area contributed by atoms with E-state index in [-0.39, 0.29) is 24.4 Å². The van der Waals surface area contributed by atoms with Gasteiger partial charge in [0, 0.05) is 48.9 Å². The van der Waals surface area contributed by atoms with Gasteiger partial charge in [0.15, 0.2) is 0 Å². The number of likely N-dealkylation sites (tertiary alicyclic amines) is 1. The first-order valence-electron chi connectivity index (χ1n) is 15.2. The summed E-state index contributed by atoms with van der Waals surface area (Å²) < 4.78 is 6.39. The number of benzene rings is 2. The lowest BCUT2D eigenvalue weighted by molar-refractivity contribution is -0.128. The van der Waals surface area contributed by atoms with Crippen LogP contribution in [0.2, 0.25) is 5.02 Å². The van der Waals surface area contributed by atoms with Crippen molar-refractivity contribution in [3.63, 3.8) is 0 Å². The molecule has 2 unspecified atom stereocenters.